The van der Waals surface area contributed by atoms with E-state index < -0.39 is 0 Å². The van der Waals surface area contributed by atoms with E-state index in [1.807, 2.05) is 44.2 Å². The molecule has 1 aliphatic rings. The van der Waals surface area contributed by atoms with Gasteiger partial charge in [0.2, 0.25) is 11.8 Å². The molecule has 9 nitrogen and oxygen atoms in total. The van der Waals surface area contributed by atoms with Gasteiger partial charge in [0.05, 0.1) is 43.7 Å². The molecule has 2 heterocycles. The number of aromatic nitrogens is 3. The first-order valence-electron chi connectivity index (χ1n) is 11.6. The first-order valence-corrected chi connectivity index (χ1v) is 11.6. The number of aliphatic hydroxyl groups excluding tert-OH is 1. The van der Waals surface area contributed by atoms with Gasteiger partial charge in [-0.1, -0.05) is 42.5 Å². The number of carbonyl (C=O) groups excluding carboxylic acids is 2. The minimum absolute atomic E-state index is 0.00195. The second kappa shape index (κ2) is 11.9. The van der Waals surface area contributed by atoms with Crippen LogP contribution in [0.3, 0.4) is 0 Å². The molecule has 1 aromatic carbocycles. The minimum atomic E-state index is -0.307. The number of benzene rings is 1. The fraction of sp³-hybridized carbons (Fsp3) is 0.583. The number of carbonyl (C=O) groups is 2. The molecule has 0 fully saturated rings. The number of ether oxygens (including phenoxy) is 1. The van der Waals surface area contributed by atoms with Crippen LogP contribution < -0.4 is 0 Å². The van der Waals surface area contributed by atoms with Crippen molar-refractivity contribution in [2.24, 2.45) is 5.92 Å². The first-order chi connectivity index (χ1) is 15.9. The van der Waals surface area contributed by atoms with Crippen molar-refractivity contribution in [1.82, 2.24) is 24.8 Å². The Morgan fingerprint density at radius 3 is 2.82 bits per heavy atom. The third-order valence-corrected chi connectivity index (χ3v) is 6.22. The average Bonchev–Trinajstić information content (AvgIpc) is 3.26. The van der Waals surface area contributed by atoms with Crippen molar-refractivity contribution in [1.29, 1.82) is 0 Å². The number of fused-ring (bicyclic) bond motifs is 1. The molecule has 1 aliphatic heterocycles. The van der Waals surface area contributed by atoms with Gasteiger partial charge in [-0.15, -0.1) is 5.10 Å². The van der Waals surface area contributed by atoms with Gasteiger partial charge in [-0.25, -0.2) is 4.68 Å². The van der Waals surface area contributed by atoms with Crippen molar-refractivity contribution in [3.8, 4) is 0 Å². The quantitative estimate of drug-likeness (QED) is 0.706. The molecule has 0 radical (unpaired) electrons. The molecule has 3 atom stereocenters. The highest BCUT2D eigenvalue weighted by atomic mass is 16.5. The molecule has 3 rings (SSSR count). The van der Waals surface area contributed by atoms with Crippen molar-refractivity contribution in [3.05, 3.63) is 47.8 Å². The van der Waals surface area contributed by atoms with E-state index in [4.69, 9.17) is 4.74 Å². The molecule has 1 aromatic heterocycles. The van der Waals surface area contributed by atoms with E-state index in [2.05, 4.69) is 10.3 Å². The smallest absolute Gasteiger partial charge is 0.226 e. The van der Waals surface area contributed by atoms with Gasteiger partial charge in [0.25, 0.3) is 0 Å². The van der Waals surface area contributed by atoms with E-state index in [9.17, 15) is 14.7 Å². The zero-order valence-electron chi connectivity index (χ0n) is 19.8. The van der Waals surface area contributed by atoms with Gasteiger partial charge < -0.3 is 19.6 Å². The SMILES string of the molecule is C[C@@H]1CN([C@H](C)CO)C(=O)CCCn2nncc2CO[C@H]1CN(C)C(=O)Cc1ccccc1. The van der Waals surface area contributed by atoms with Crippen molar-refractivity contribution >= 4 is 11.8 Å². The fourth-order valence-electron chi connectivity index (χ4n) is 4.02. The monoisotopic (exact) mass is 457 g/mol. The Hall–Kier alpha value is -2.78. The zero-order chi connectivity index (χ0) is 23.8. The summed E-state index contributed by atoms with van der Waals surface area (Å²) in [7, 11) is 1.78. The maximum atomic E-state index is 12.9. The van der Waals surface area contributed by atoms with Gasteiger partial charge >= 0.3 is 0 Å². The summed E-state index contributed by atoms with van der Waals surface area (Å²) in [5.41, 5.74) is 1.81. The van der Waals surface area contributed by atoms with Crippen LogP contribution in [0.5, 0.6) is 0 Å². The molecule has 2 amide bonds. The van der Waals surface area contributed by atoms with Crippen LogP contribution in [-0.4, -0.2) is 80.6 Å². The number of hydrogen-bond donors (Lipinski definition) is 1. The molecule has 9 heteroatoms. The van der Waals surface area contributed by atoms with Crippen LogP contribution in [0.25, 0.3) is 0 Å². The average molecular weight is 458 g/mol. The highest BCUT2D eigenvalue weighted by Gasteiger charge is 2.29. The number of nitrogens with zero attached hydrogens (tertiary/aromatic N) is 5. The number of amides is 2. The number of rotatable bonds is 6. The molecule has 0 aliphatic carbocycles. The highest BCUT2D eigenvalue weighted by Crippen LogP contribution is 2.18. The van der Waals surface area contributed by atoms with Crippen LogP contribution in [0.1, 0.15) is 37.9 Å². The molecule has 0 bridgehead atoms. The van der Waals surface area contributed by atoms with Crippen LogP contribution in [0, 0.1) is 5.92 Å². The lowest BCUT2D eigenvalue weighted by Gasteiger charge is -2.35. The molecular formula is C24H35N5O4. The van der Waals surface area contributed by atoms with E-state index in [1.165, 1.54) is 0 Å². The van der Waals surface area contributed by atoms with E-state index in [0.717, 1.165) is 11.3 Å². The summed E-state index contributed by atoms with van der Waals surface area (Å²) in [5.74, 6) is -0.0527. The van der Waals surface area contributed by atoms with Crippen molar-refractivity contribution in [3.63, 3.8) is 0 Å². The third-order valence-electron chi connectivity index (χ3n) is 6.22. The number of aliphatic hydroxyl groups is 1. The molecule has 1 N–H and O–H groups in total. The van der Waals surface area contributed by atoms with E-state index >= 15 is 0 Å². The summed E-state index contributed by atoms with van der Waals surface area (Å²) in [6, 6.07) is 9.36. The molecule has 0 saturated heterocycles. The van der Waals surface area contributed by atoms with Gasteiger partial charge in [-0.05, 0) is 18.9 Å². The molecule has 180 valence electrons. The van der Waals surface area contributed by atoms with Crippen molar-refractivity contribution < 1.29 is 19.4 Å². The van der Waals surface area contributed by atoms with Gasteiger partial charge in [-0.3, -0.25) is 9.59 Å². The fourth-order valence-corrected chi connectivity index (χ4v) is 4.02. The standard InChI is InChI=1S/C24H35N5O4/c1-18-14-28(19(2)16-30)23(31)10-7-11-29-21(13-25-26-29)17-33-22(18)15-27(3)24(32)12-20-8-5-4-6-9-20/h4-6,8-9,13,18-19,22,30H,7,10-12,14-17H2,1-3H3/t18-,19-,22+/m1/s1. The van der Waals surface area contributed by atoms with Crippen LogP contribution in [0.15, 0.2) is 36.5 Å². The number of hydrogen-bond acceptors (Lipinski definition) is 6. The van der Waals surface area contributed by atoms with Crippen LogP contribution in [-0.2, 0) is 33.9 Å². The summed E-state index contributed by atoms with van der Waals surface area (Å²) < 4.78 is 8.05. The maximum absolute atomic E-state index is 12.9. The van der Waals surface area contributed by atoms with Gasteiger partial charge in [0.15, 0.2) is 0 Å². The Labute approximate surface area is 195 Å². The lowest BCUT2D eigenvalue weighted by atomic mass is 10.0. The molecule has 33 heavy (non-hydrogen) atoms. The third kappa shape index (κ3) is 6.85. The zero-order valence-corrected chi connectivity index (χ0v) is 19.8. The van der Waals surface area contributed by atoms with Crippen molar-refractivity contribution in [2.45, 2.75) is 58.4 Å². The first kappa shape index (κ1) is 24.9. The van der Waals surface area contributed by atoms with Gasteiger partial charge in [0, 0.05) is 39.0 Å². The largest absolute Gasteiger partial charge is 0.394 e. The van der Waals surface area contributed by atoms with Crippen LogP contribution in [0.4, 0.5) is 0 Å². The Morgan fingerprint density at radius 1 is 1.33 bits per heavy atom. The van der Waals surface area contributed by atoms with E-state index in [0.29, 0.717) is 45.5 Å². The number of aryl methyl sites for hydroxylation is 1. The molecule has 0 spiro atoms. The van der Waals surface area contributed by atoms with Crippen molar-refractivity contribution in [2.75, 3.05) is 26.7 Å². The predicted molar refractivity (Wildman–Crippen MR) is 123 cm³/mol. The highest BCUT2D eigenvalue weighted by molar-refractivity contribution is 5.78. The van der Waals surface area contributed by atoms with E-state index in [-0.39, 0.29) is 36.5 Å². The number of likely N-dealkylation sites (N-methyl/N-ethyl adjacent to an activating group) is 1. The summed E-state index contributed by atoms with van der Waals surface area (Å²) in [6.45, 7) is 5.50. The molecule has 0 saturated carbocycles. The van der Waals surface area contributed by atoms with E-state index in [1.54, 1.807) is 27.7 Å². The topological polar surface area (TPSA) is 101 Å². The maximum Gasteiger partial charge on any atom is 0.226 e. The lowest BCUT2D eigenvalue weighted by Crippen LogP contribution is -2.48. The summed E-state index contributed by atoms with van der Waals surface area (Å²) >= 11 is 0. The van der Waals surface area contributed by atoms with Crippen LogP contribution in [0.2, 0.25) is 0 Å². The Balaban J connectivity index is 1.76. The van der Waals surface area contributed by atoms with Crippen LogP contribution >= 0.6 is 0 Å². The molecule has 2 aromatic rings. The molecule has 0 unspecified atom stereocenters. The lowest BCUT2D eigenvalue weighted by molar-refractivity contribution is -0.138. The second-order valence-electron chi connectivity index (χ2n) is 8.89. The summed E-state index contributed by atoms with van der Waals surface area (Å²) in [6.07, 6.45) is 2.70. The molecular weight excluding hydrogens is 422 g/mol. The predicted octanol–water partition coefficient (Wildman–Crippen LogP) is 1.50. The Morgan fingerprint density at radius 2 is 2.09 bits per heavy atom. The normalized spacial score (nSPS) is 21.0. The summed E-state index contributed by atoms with van der Waals surface area (Å²) in [4.78, 5) is 29.2. The van der Waals surface area contributed by atoms with Gasteiger partial charge in [0.1, 0.15) is 0 Å². The van der Waals surface area contributed by atoms with Gasteiger partial charge in [-0.2, -0.15) is 0 Å². The second-order valence-corrected chi connectivity index (χ2v) is 8.89. The minimum Gasteiger partial charge on any atom is -0.394 e. The Bertz CT molecular complexity index is 903. The Kier molecular flexibility index (Phi) is 8.96. The summed E-state index contributed by atoms with van der Waals surface area (Å²) in [5, 5.41) is 17.8.